The van der Waals surface area contributed by atoms with Crippen LogP contribution in [0.2, 0.25) is 0 Å². The second kappa shape index (κ2) is 5.62. The molecular formula is C13H16N2O4S. The normalized spacial score (nSPS) is 17.5. The molecule has 6 nitrogen and oxygen atoms in total. The summed E-state index contributed by atoms with van der Waals surface area (Å²) in [6, 6.07) is 0.810. The lowest BCUT2D eigenvalue weighted by Crippen LogP contribution is -2.47. The van der Waals surface area contributed by atoms with Crippen molar-refractivity contribution in [3.8, 4) is 0 Å². The molecule has 0 aliphatic carbocycles. The monoisotopic (exact) mass is 296 g/mol. The highest BCUT2D eigenvalue weighted by Crippen LogP contribution is 2.33. The third-order valence-electron chi connectivity index (χ3n) is 3.43. The zero-order chi connectivity index (χ0) is 14.9. The van der Waals surface area contributed by atoms with E-state index < -0.39 is 12.0 Å². The molecule has 7 heteroatoms. The predicted molar refractivity (Wildman–Crippen MR) is 73.4 cm³/mol. The quantitative estimate of drug-likeness (QED) is 0.892. The molecule has 0 saturated heterocycles. The summed E-state index contributed by atoms with van der Waals surface area (Å²) >= 11 is 1.51. The molecule has 0 saturated carbocycles. The van der Waals surface area contributed by atoms with E-state index >= 15 is 0 Å². The van der Waals surface area contributed by atoms with Gasteiger partial charge in [0.05, 0.1) is 6.54 Å². The van der Waals surface area contributed by atoms with Crippen LogP contribution in [0, 0.1) is 0 Å². The van der Waals surface area contributed by atoms with Gasteiger partial charge in [-0.1, -0.05) is 0 Å². The van der Waals surface area contributed by atoms with Crippen LogP contribution < -0.4 is 0 Å². The number of carboxylic acid groups (broad SMARTS) is 1. The van der Waals surface area contributed by atoms with Gasteiger partial charge in [0.2, 0.25) is 11.8 Å². The van der Waals surface area contributed by atoms with Crippen LogP contribution in [-0.4, -0.2) is 52.8 Å². The SMILES string of the molecule is CC(=O)N(C)CC(=O)N1CCc2sccc2C1C(=O)O. The predicted octanol–water partition coefficient (Wildman–Crippen LogP) is 0.737. The molecule has 1 aliphatic rings. The maximum absolute atomic E-state index is 12.2. The summed E-state index contributed by atoms with van der Waals surface area (Å²) < 4.78 is 0. The molecule has 20 heavy (non-hydrogen) atoms. The number of amides is 2. The standard InChI is InChI=1S/C13H16N2O4S/c1-8(16)14(2)7-11(17)15-5-3-10-9(4-6-20-10)12(15)13(18)19/h4,6,12H,3,5,7H2,1-2H3,(H,18,19). The Hall–Kier alpha value is -1.89. The minimum Gasteiger partial charge on any atom is -0.479 e. The van der Waals surface area contributed by atoms with Crippen molar-refractivity contribution in [2.75, 3.05) is 20.1 Å². The number of likely N-dealkylation sites (N-methyl/N-ethyl adjacent to an activating group) is 1. The third-order valence-corrected chi connectivity index (χ3v) is 4.43. The first-order valence-electron chi connectivity index (χ1n) is 6.22. The molecule has 0 aromatic carbocycles. The van der Waals surface area contributed by atoms with Crippen LogP contribution in [0.1, 0.15) is 23.4 Å². The van der Waals surface area contributed by atoms with Gasteiger partial charge in [-0.15, -0.1) is 11.3 Å². The molecule has 2 rings (SSSR count). The molecule has 108 valence electrons. The Labute approximate surface area is 120 Å². The molecule has 1 aromatic heterocycles. The zero-order valence-electron chi connectivity index (χ0n) is 11.3. The molecule has 0 bridgehead atoms. The van der Waals surface area contributed by atoms with Crippen molar-refractivity contribution in [3.05, 3.63) is 21.9 Å². The lowest BCUT2D eigenvalue weighted by atomic mass is 10.00. The second-order valence-corrected chi connectivity index (χ2v) is 5.75. The Balaban J connectivity index is 2.21. The number of thiophene rings is 1. The third kappa shape index (κ3) is 2.67. The number of carbonyl (C=O) groups excluding carboxylic acids is 2. The van der Waals surface area contributed by atoms with Crippen LogP contribution in [-0.2, 0) is 20.8 Å². The highest BCUT2D eigenvalue weighted by molar-refractivity contribution is 7.10. The molecule has 1 aromatic rings. The van der Waals surface area contributed by atoms with Crippen molar-refractivity contribution in [3.63, 3.8) is 0 Å². The van der Waals surface area contributed by atoms with Gasteiger partial charge >= 0.3 is 5.97 Å². The van der Waals surface area contributed by atoms with E-state index in [4.69, 9.17) is 0 Å². The summed E-state index contributed by atoms with van der Waals surface area (Å²) in [4.78, 5) is 38.5. The molecule has 1 unspecified atom stereocenters. The van der Waals surface area contributed by atoms with Crippen molar-refractivity contribution in [1.82, 2.24) is 9.80 Å². The average molecular weight is 296 g/mol. The van der Waals surface area contributed by atoms with Crippen LogP contribution in [0.4, 0.5) is 0 Å². The van der Waals surface area contributed by atoms with Gasteiger partial charge < -0.3 is 14.9 Å². The Morgan fingerprint density at radius 1 is 1.50 bits per heavy atom. The lowest BCUT2D eigenvalue weighted by Gasteiger charge is -2.34. The molecule has 1 atom stereocenters. The maximum atomic E-state index is 12.2. The summed E-state index contributed by atoms with van der Waals surface area (Å²) in [5.41, 5.74) is 0.688. The Morgan fingerprint density at radius 3 is 2.80 bits per heavy atom. The summed E-state index contributed by atoms with van der Waals surface area (Å²) in [5.74, 6) is -1.60. The van der Waals surface area contributed by atoms with Crippen molar-refractivity contribution in [2.24, 2.45) is 0 Å². The van der Waals surface area contributed by atoms with Crippen LogP contribution in [0.5, 0.6) is 0 Å². The molecule has 2 heterocycles. The maximum Gasteiger partial charge on any atom is 0.331 e. The largest absolute Gasteiger partial charge is 0.479 e. The molecule has 2 amide bonds. The molecule has 1 aliphatic heterocycles. The number of hydrogen-bond acceptors (Lipinski definition) is 4. The topological polar surface area (TPSA) is 77.9 Å². The van der Waals surface area contributed by atoms with Crippen molar-refractivity contribution < 1.29 is 19.5 Å². The molecule has 0 spiro atoms. The van der Waals surface area contributed by atoms with E-state index in [1.165, 1.54) is 35.1 Å². The van der Waals surface area contributed by atoms with Crippen LogP contribution in [0.25, 0.3) is 0 Å². The smallest absolute Gasteiger partial charge is 0.331 e. The second-order valence-electron chi connectivity index (χ2n) is 4.75. The number of hydrogen-bond donors (Lipinski definition) is 1. The first-order chi connectivity index (χ1) is 9.41. The fourth-order valence-corrected chi connectivity index (χ4v) is 3.16. The molecule has 0 radical (unpaired) electrons. The summed E-state index contributed by atoms with van der Waals surface area (Å²) in [6.45, 7) is 1.64. The molecule has 1 N–H and O–H groups in total. The zero-order valence-corrected chi connectivity index (χ0v) is 12.1. The minimum absolute atomic E-state index is 0.0986. The highest BCUT2D eigenvalue weighted by atomic mass is 32.1. The number of fused-ring (bicyclic) bond motifs is 1. The highest BCUT2D eigenvalue weighted by Gasteiger charge is 2.36. The van der Waals surface area contributed by atoms with Crippen molar-refractivity contribution in [2.45, 2.75) is 19.4 Å². The van der Waals surface area contributed by atoms with Gasteiger partial charge in [0, 0.05) is 25.4 Å². The average Bonchev–Trinajstić information content (AvgIpc) is 2.84. The fourth-order valence-electron chi connectivity index (χ4n) is 2.26. The van der Waals surface area contributed by atoms with Gasteiger partial charge in [0.15, 0.2) is 6.04 Å². The van der Waals surface area contributed by atoms with Crippen LogP contribution in [0.15, 0.2) is 11.4 Å². The Morgan fingerprint density at radius 2 is 2.20 bits per heavy atom. The lowest BCUT2D eigenvalue weighted by molar-refractivity contribution is -0.152. The van der Waals surface area contributed by atoms with Gasteiger partial charge in [-0.2, -0.15) is 0 Å². The van der Waals surface area contributed by atoms with E-state index in [9.17, 15) is 19.5 Å². The summed E-state index contributed by atoms with van der Waals surface area (Å²) in [7, 11) is 1.52. The van der Waals surface area contributed by atoms with Gasteiger partial charge in [0.25, 0.3) is 0 Å². The van der Waals surface area contributed by atoms with E-state index in [1.807, 2.05) is 5.38 Å². The first-order valence-corrected chi connectivity index (χ1v) is 7.10. The van der Waals surface area contributed by atoms with E-state index in [1.54, 1.807) is 6.07 Å². The fraction of sp³-hybridized carbons (Fsp3) is 0.462. The van der Waals surface area contributed by atoms with Gasteiger partial charge in [-0.3, -0.25) is 9.59 Å². The van der Waals surface area contributed by atoms with Gasteiger partial charge in [-0.05, 0) is 23.4 Å². The van der Waals surface area contributed by atoms with Crippen molar-refractivity contribution >= 4 is 29.1 Å². The Kier molecular flexibility index (Phi) is 4.08. The number of carboxylic acids is 1. The van der Waals surface area contributed by atoms with Crippen LogP contribution >= 0.6 is 11.3 Å². The van der Waals surface area contributed by atoms with Crippen LogP contribution in [0.3, 0.4) is 0 Å². The molecule has 0 fully saturated rings. The van der Waals surface area contributed by atoms with E-state index in [-0.39, 0.29) is 18.4 Å². The number of rotatable bonds is 3. The molecular weight excluding hydrogens is 280 g/mol. The number of nitrogens with zero attached hydrogens (tertiary/aromatic N) is 2. The van der Waals surface area contributed by atoms with E-state index in [0.717, 1.165) is 4.88 Å². The summed E-state index contributed by atoms with van der Waals surface area (Å²) in [5, 5.41) is 11.2. The van der Waals surface area contributed by atoms with E-state index in [0.29, 0.717) is 18.5 Å². The first kappa shape index (κ1) is 14.5. The van der Waals surface area contributed by atoms with E-state index in [2.05, 4.69) is 0 Å². The summed E-state index contributed by atoms with van der Waals surface area (Å²) in [6.07, 6.45) is 0.659. The minimum atomic E-state index is -1.04. The number of aliphatic carboxylic acids is 1. The van der Waals surface area contributed by atoms with Gasteiger partial charge in [0.1, 0.15) is 0 Å². The number of carbonyl (C=O) groups is 3. The van der Waals surface area contributed by atoms with Gasteiger partial charge in [-0.25, -0.2) is 4.79 Å². The Bertz CT molecular complexity index is 554. The van der Waals surface area contributed by atoms with Crippen molar-refractivity contribution in [1.29, 1.82) is 0 Å².